The molecule has 0 bridgehead atoms. The lowest BCUT2D eigenvalue weighted by Gasteiger charge is -2.35. The van der Waals surface area contributed by atoms with Crippen molar-refractivity contribution in [2.24, 2.45) is 0 Å². The molecule has 1 aromatic carbocycles. The number of rotatable bonds is 0. The summed E-state index contributed by atoms with van der Waals surface area (Å²) in [6.45, 7) is 1.95. The number of ketones is 1. The SMILES string of the molecule is C[C@H]1CC(=O)C[C@@H]2c3ccccc3C(=O)N21. The second-order valence-electron chi connectivity index (χ2n) is 4.61. The van der Waals surface area contributed by atoms with E-state index in [2.05, 4.69) is 0 Å². The van der Waals surface area contributed by atoms with Gasteiger partial charge in [-0.1, -0.05) is 18.2 Å². The van der Waals surface area contributed by atoms with Gasteiger partial charge < -0.3 is 4.90 Å². The highest BCUT2D eigenvalue weighted by molar-refractivity contribution is 6.01. The third-order valence-corrected chi connectivity index (χ3v) is 3.54. The van der Waals surface area contributed by atoms with E-state index in [0.29, 0.717) is 12.8 Å². The summed E-state index contributed by atoms with van der Waals surface area (Å²) in [6.07, 6.45) is 0.976. The number of benzene rings is 1. The summed E-state index contributed by atoms with van der Waals surface area (Å²) >= 11 is 0. The Morgan fingerprint density at radius 3 is 2.75 bits per heavy atom. The predicted molar refractivity (Wildman–Crippen MR) is 59.1 cm³/mol. The maximum atomic E-state index is 12.2. The predicted octanol–water partition coefficient (Wildman–Crippen LogP) is 1.93. The molecule has 16 heavy (non-hydrogen) atoms. The van der Waals surface area contributed by atoms with E-state index < -0.39 is 0 Å². The van der Waals surface area contributed by atoms with Crippen LogP contribution < -0.4 is 0 Å². The maximum absolute atomic E-state index is 12.2. The van der Waals surface area contributed by atoms with Gasteiger partial charge in [-0.25, -0.2) is 0 Å². The van der Waals surface area contributed by atoms with Crippen molar-refractivity contribution in [3.8, 4) is 0 Å². The van der Waals surface area contributed by atoms with Gasteiger partial charge in [0.05, 0.1) is 6.04 Å². The number of carbonyl (C=O) groups excluding carboxylic acids is 2. The third-order valence-electron chi connectivity index (χ3n) is 3.54. The second-order valence-corrected chi connectivity index (χ2v) is 4.61. The molecule has 1 saturated heterocycles. The van der Waals surface area contributed by atoms with Crippen LogP contribution in [0.25, 0.3) is 0 Å². The lowest BCUT2D eigenvalue weighted by Crippen LogP contribution is -2.42. The molecule has 0 radical (unpaired) electrons. The molecule has 2 atom stereocenters. The molecule has 2 aliphatic heterocycles. The molecule has 82 valence electrons. The quantitative estimate of drug-likeness (QED) is 0.663. The first-order valence-electron chi connectivity index (χ1n) is 5.62. The first-order chi connectivity index (χ1) is 7.68. The van der Waals surface area contributed by atoms with E-state index in [9.17, 15) is 9.59 Å². The van der Waals surface area contributed by atoms with Crippen molar-refractivity contribution in [1.29, 1.82) is 0 Å². The highest BCUT2D eigenvalue weighted by Crippen LogP contribution is 2.40. The van der Waals surface area contributed by atoms with E-state index in [-0.39, 0.29) is 23.8 Å². The molecule has 0 saturated carbocycles. The van der Waals surface area contributed by atoms with Crippen LogP contribution in [0, 0.1) is 0 Å². The minimum absolute atomic E-state index is 0.0139. The van der Waals surface area contributed by atoms with Crippen LogP contribution in [0.1, 0.15) is 41.7 Å². The molecule has 0 N–H and O–H groups in total. The molecule has 0 aliphatic carbocycles. The largest absolute Gasteiger partial charge is 0.328 e. The Labute approximate surface area is 94.1 Å². The summed E-state index contributed by atoms with van der Waals surface area (Å²) in [6, 6.07) is 7.64. The molecule has 2 aliphatic rings. The highest BCUT2D eigenvalue weighted by Gasteiger charge is 2.43. The molecular formula is C13H13NO2. The number of carbonyl (C=O) groups is 2. The Balaban J connectivity index is 2.11. The highest BCUT2D eigenvalue weighted by atomic mass is 16.2. The number of piperidine rings is 1. The number of hydrogen-bond donors (Lipinski definition) is 0. The van der Waals surface area contributed by atoms with Crippen LogP contribution in [0.4, 0.5) is 0 Å². The van der Waals surface area contributed by atoms with Crippen LogP contribution in [-0.2, 0) is 4.79 Å². The molecule has 3 heteroatoms. The third kappa shape index (κ3) is 1.14. The molecule has 1 aromatic rings. The van der Waals surface area contributed by atoms with E-state index in [1.165, 1.54) is 0 Å². The molecule has 2 heterocycles. The maximum Gasteiger partial charge on any atom is 0.254 e. The van der Waals surface area contributed by atoms with Crippen LogP contribution in [0.2, 0.25) is 0 Å². The fraction of sp³-hybridized carbons (Fsp3) is 0.385. The number of hydrogen-bond acceptors (Lipinski definition) is 2. The molecule has 1 amide bonds. The van der Waals surface area contributed by atoms with E-state index >= 15 is 0 Å². The van der Waals surface area contributed by atoms with Gasteiger partial charge >= 0.3 is 0 Å². The van der Waals surface area contributed by atoms with Crippen molar-refractivity contribution in [1.82, 2.24) is 4.90 Å². The van der Waals surface area contributed by atoms with Crippen LogP contribution in [0.3, 0.4) is 0 Å². The van der Waals surface area contributed by atoms with Crippen LogP contribution >= 0.6 is 0 Å². The van der Waals surface area contributed by atoms with Gasteiger partial charge in [0.15, 0.2) is 0 Å². The molecular weight excluding hydrogens is 202 g/mol. The first kappa shape index (κ1) is 9.58. The molecule has 3 nitrogen and oxygen atoms in total. The first-order valence-corrected chi connectivity index (χ1v) is 5.62. The minimum Gasteiger partial charge on any atom is -0.328 e. The van der Waals surface area contributed by atoms with Crippen LogP contribution in [0.15, 0.2) is 24.3 Å². The standard InChI is InChI=1S/C13H13NO2/c1-8-6-9(15)7-12-10-4-2-3-5-11(10)13(16)14(8)12/h2-5,8,12H,6-7H2,1H3/t8-,12+/m0/s1. The van der Waals surface area contributed by atoms with E-state index in [0.717, 1.165) is 11.1 Å². The van der Waals surface area contributed by atoms with Crippen molar-refractivity contribution in [3.63, 3.8) is 0 Å². The van der Waals surface area contributed by atoms with Gasteiger partial charge in [-0.15, -0.1) is 0 Å². The smallest absolute Gasteiger partial charge is 0.254 e. The lowest BCUT2D eigenvalue weighted by molar-refractivity contribution is -0.123. The topological polar surface area (TPSA) is 37.4 Å². The van der Waals surface area contributed by atoms with Crippen molar-refractivity contribution in [3.05, 3.63) is 35.4 Å². The van der Waals surface area contributed by atoms with Gasteiger partial charge in [-0.3, -0.25) is 9.59 Å². The molecule has 0 spiro atoms. The zero-order valence-electron chi connectivity index (χ0n) is 9.14. The minimum atomic E-state index is -0.0139. The number of nitrogens with zero attached hydrogens (tertiary/aromatic N) is 1. The Hall–Kier alpha value is -1.64. The normalized spacial score (nSPS) is 27.9. The van der Waals surface area contributed by atoms with Gasteiger partial charge in [-0.05, 0) is 18.6 Å². The van der Waals surface area contributed by atoms with Crippen molar-refractivity contribution >= 4 is 11.7 Å². The summed E-state index contributed by atoms with van der Waals surface area (Å²) in [7, 11) is 0. The Bertz CT molecular complexity index is 481. The van der Waals surface area contributed by atoms with Crippen molar-refractivity contribution in [2.45, 2.75) is 31.8 Å². The molecule has 3 rings (SSSR count). The van der Waals surface area contributed by atoms with Crippen molar-refractivity contribution in [2.75, 3.05) is 0 Å². The molecule has 0 unspecified atom stereocenters. The summed E-state index contributed by atoms with van der Waals surface area (Å²) < 4.78 is 0. The lowest BCUT2D eigenvalue weighted by atomic mass is 9.93. The summed E-state index contributed by atoms with van der Waals surface area (Å²) in [4.78, 5) is 25.6. The van der Waals surface area contributed by atoms with Crippen LogP contribution in [-0.4, -0.2) is 22.6 Å². The fourth-order valence-corrected chi connectivity index (χ4v) is 2.86. The van der Waals surface area contributed by atoms with Gasteiger partial charge in [-0.2, -0.15) is 0 Å². The zero-order chi connectivity index (χ0) is 11.3. The summed E-state index contributed by atoms with van der Waals surface area (Å²) in [5.74, 6) is 0.346. The number of amides is 1. The summed E-state index contributed by atoms with van der Waals surface area (Å²) in [5, 5.41) is 0. The molecule has 0 aromatic heterocycles. The van der Waals surface area contributed by atoms with E-state index in [1.54, 1.807) is 0 Å². The second kappa shape index (κ2) is 3.17. The molecule has 1 fully saturated rings. The van der Waals surface area contributed by atoms with E-state index in [1.807, 2.05) is 36.1 Å². The van der Waals surface area contributed by atoms with Crippen LogP contribution in [0.5, 0.6) is 0 Å². The Kier molecular flexibility index (Phi) is 1.90. The number of Topliss-reactive ketones (excluding diaryl/α,β-unsaturated/α-hetero) is 1. The van der Waals surface area contributed by atoms with Gasteiger partial charge in [0.25, 0.3) is 5.91 Å². The average Bonchev–Trinajstić information content (AvgIpc) is 2.54. The zero-order valence-corrected chi connectivity index (χ0v) is 9.14. The summed E-state index contributed by atoms with van der Waals surface area (Å²) in [5.41, 5.74) is 1.79. The van der Waals surface area contributed by atoms with E-state index in [4.69, 9.17) is 0 Å². The average molecular weight is 215 g/mol. The Morgan fingerprint density at radius 1 is 1.19 bits per heavy atom. The number of fused-ring (bicyclic) bond motifs is 3. The van der Waals surface area contributed by atoms with Crippen molar-refractivity contribution < 1.29 is 9.59 Å². The van der Waals surface area contributed by atoms with Gasteiger partial charge in [0.1, 0.15) is 5.78 Å². The van der Waals surface area contributed by atoms with Gasteiger partial charge in [0, 0.05) is 24.4 Å². The fourth-order valence-electron chi connectivity index (χ4n) is 2.86. The van der Waals surface area contributed by atoms with Gasteiger partial charge in [0.2, 0.25) is 0 Å². The monoisotopic (exact) mass is 215 g/mol. The Morgan fingerprint density at radius 2 is 1.94 bits per heavy atom.